The molecular weight excluding hydrogens is 306 g/mol. The Morgan fingerprint density at radius 2 is 1.86 bits per heavy atom. The van der Waals surface area contributed by atoms with E-state index in [4.69, 9.17) is 14.2 Å². The zero-order valence-corrected chi connectivity index (χ0v) is 13.4. The first-order valence-electron chi connectivity index (χ1n) is 6.57. The van der Waals surface area contributed by atoms with Gasteiger partial charge in [-0.15, -0.1) is 0 Å². The molecule has 1 fully saturated rings. The average Bonchev–Trinajstić information content (AvgIpc) is 2.79. The van der Waals surface area contributed by atoms with Crippen LogP contribution in [-0.2, 0) is 9.53 Å². The van der Waals surface area contributed by atoms with Crippen LogP contribution in [0.1, 0.15) is 5.56 Å². The molecule has 0 saturated carbocycles. The average molecular weight is 323 g/mol. The lowest BCUT2D eigenvalue weighted by molar-refractivity contribution is -0.123. The minimum atomic E-state index is -0.304. The van der Waals surface area contributed by atoms with Crippen molar-refractivity contribution in [3.8, 4) is 11.5 Å². The summed E-state index contributed by atoms with van der Waals surface area (Å²) in [5.74, 6) is 0.865. The molecule has 22 heavy (non-hydrogen) atoms. The summed E-state index contributed by atoms with van der Waals surface area (Å²) >= 11 is 0.921. The number of carbonyl (C=O) groups is 2. The Bertz CT molecular complexity index is 614. The third-order valence-electron chi connectivity index (χ3n) is 3.10. The lowest BCUT2D eigenvalue weighted by Gasteiger charge is -2.10. The Hall–Kier alpha value is -1.99. The van der Waals surface area contributed by atoms with Crippen molar-refractivity contribution in [2.45, 2.75) is 0 Å². The van der Waals surface area contributed by atoms with Crippen LogP contribution < -0.4 is 9.47 Å². The van der Waals surface area contributed by atoms with Crippen molar-refractivity contribution < 1.29 is 23.8 Å². The van der Waals surface area contributed by atoms with E-state index >= 15 is 0 Å². The van der Waals surface area contributed by atoms with E-state index in [0.29, 0.717) is 23.0 Å². The summed E-state index contributed by atoms with van der Waals surface area (Å²) in [5, 5.41) is -0.284. The molecule has 1 heterocycles. The SMILES string of the molecule is COCCN1C(=O)S/C(=C/c2ccc(OC)c(OC)c2)C1=O. The molecule has 0 aromatic heterocycles. The molecule has 6 nitrogen and oxygen atoms in total. The second kappa shape index (κ2) is 7.33. The maximum absolute atomic E-state index is 12.2. The number of methoxy groups -OCH3 is 3. The van der Waals surface area contributed by atoms with Gasteiger partial charge in [0.1, 0.15) is 0 Å². The molecule has 7 heteroatoms. The van der Waals surface area contributed by atoms with Crippen LogP contribution in [0.15, 0.2) is 23.1 Å². The van der Waals surface area contributed by atoms with Gasteiger partial charge in [0.15, 0.2) is 11.5 Å². The molecule has 0 radical (unpaired) electrons. The maximum atomic E-state index is 12.2. The molecule has 1 aliphatic heterocycles. The number of carbonyl (C=O) groups excluding carboxylic acids is 2. The Kier molecular flexibility index (Phi) is 5.46. The molecule has 1 aromatic carbocycles. The van der Waals surface area contributed by atoms with E-state index in [1.165, 1.54) is 12.0 Å². The molecule has 0 aliphatic carbocycles. The first-order valence-corrected chi connectivity index (χ1v) is 7.38. The van der Waals surface area contributed by atoms with Gasteiger partial charge in [-0.25, -0.2) is 0 Å². The van der Waals surface area contributed by atoms with Crippen LogP contribution in [0.5, 0.6) is 11.5 Å². The highest BCUT2D eigenvalue weighted by molar-refractivity contribution is 8.18. The van der Waals surface area contributed by atoms with Crippen LogP contribution in [0.2, 0.25) is 0 Å². The Morgan fingerprint density at radius 1 is 1.14 bits per heavy atom. The van der Waals surface area contributed by atoms with Gasteiger partial charge in [-0.3, -0.25) is 14.5 Å². The van der Waals surface area contributed by atoms with E-state index in [1.807, 2.05) is 0 Å². The summed E-state index contributed by atoms with van der Waals surface area (Å²) in [5.41, 5.74) is 0.759. The van der Waals surface area contributed by atoms with Crippen molar-refractivity contribution in [1.82, 2.24) is 4.90 Å². The third-order valence-corrected chi connectivity index (χ3v) is 4.01. The number of thioether (sulfide) groups is 1. The molecule has 2 rings (SSSR count). The second-order valence-electron chi connectivity index (χ2n) is 4.44. The number of ether oxygens (including phenoxy) is 3. The smallest absolute Gasteiger partial charge is 0.293 e. The Morgan fingerprint density at radius 3 is 2.50 bits per heavy atom. The van der Waals surface area contributed by atoms with Crippen LogP contribution in [0.4, 0.5) is 4.79 Å². The van der Waals surface area contributed by atoms with Gasteiger partial charge in [-0.2, -0.15) is 0 Å². The normalized spacial score (nSPS) is 16.5. The van der Waals surface area contributed by atoms with Crippen molar-refractivity contribution in [3.05, 3.63) is 28.7 Å². The molecule has 118 valence electrons. The number of rotatable bonds is 6. The van der Waals surface area contributed by atoms with E-state index in [9.17, 15) is 9.59 Å². The van der Waals surface area contributed by atoms with E-state index in [-0.39, 0.29) is 17.7 Å². The van der Waals surface area contributed by atoms with Crippen molar-refractivity contribution in [3.63, 3.8) is 0 Å². The van der Waals surface area contributed by atoms with Gasteiger partial charge in [0.2, 0.25) is 0 Å². The largest absolute Gasteiger partial charge is 0.493 e. The standard InChI is InChI=1S/C15H17NO5S/c1-19-7-6-16-14(17)13(22-15(16)18)9-10-4-5-11(20-2)12(8-10)21-3/h4-5,8-9H,6-7H2,1-3H3/b13-9+. The van der Waals surface area contributed by atoms with E-state index in [0.717, 1.165) is 17.3 Å². The highest BCUT2D eigenvalue weighted by Crippen LogP contribution is 2.34. The first kappa shape index (κ1) is 16.4. The number of hydrogen-bond donors (Lipinski definition) is 0. The van der Waals surface area contributed by atoms with Gasteiger partial charge in [-0.05, 0) is 35.5 Å². The maximum Gasteiger partial charge on any atom is 0.293 e. The third kappa shape index (κ3) is 3.42. The first-order chi connectivity index (χ1) is 10.6. The monoisotopic (exact) mass is 323 g/mol. The van der Waals surface area contributed by atoms with Crippen molar-refractivity contribution >= 4 is 29.0 Å². The van der Waals surface area contributed by atoms with Gasteiger partial charge < -0.3 is 14.2 Å². The molecule has 1 aromatic rings. The van der Waals surface area contributed by atoms with Crippen LogP contribution in [0.3, 0.4) is 0 Å². The quantitative estimate of drug-likeness (QED) is 0.749. The van der Waals surface area contributed by atoms with E-state index in [2.05, 4.69) is 0 Å². The summed E-state index contributed by atoms with van der Waals surface area (Å²) in [6.07, 6.45) is 1.67. The highest BCUT2D eigenvalue weighted by atomic mass is 32.2. The summed E-state index contributed by atoms with van der Waals surface area (Å²) in [4.78, 5) is 25.6. The number of nitrogens with zero attached hydrogens (tertiary/aromatic N) is 1. The van der Waals surface area contributed by atoms with Crippen LogP contribution in [0, 0.1) is 0 Å². The highest BCUT2D eigenvalue weighted by Gasteiger charge is 2.34. The molecule has 1 saturated heterocycles. The van der Waals surface area contributed by atoms with Gasteiger partial charge in [0, 0.05) is 7.11 Å². The number of benzene rings is 1. The topological polar surface area (TPSA) is 65.1 Å². The summed E-state index contributed by atoms with van der Waals surface area (Å²) in [6, 6.07) is 5.30. The minimum absolute atomic E-state index is 0.254. The predicted molar refractivity (Wildman–Crippen MR) is 84.1 cm³/mol. The van der Waals surface area contributed by atoms with Crippen molar-refractivity contribution in [1.29, 1.82) is 0 Å². The summed E-state index contributed by atoms with van der Waals surface area (Å²) < 4.78 is 15.3. The Labute approximate surface area is 133 Å². The second-order valence-corrected chi connectivity index (χ2v) is 5.43. The lowest BCUT2D eigenvalue weighted by Crippen LogP contribution is -2.31. The number of amides is 2. The predicted octanol–water partition coefficient (Wildman–Crippen LogP) is 2.39. The molecule has 0 unspecified atom stereocenters. The number of imide groups is 1. The molecule has 0 bridgehead atoms. The summed E-state index contributed by atoms with van der Waals surface area (Å²) in [6.45, 7) is 0.576. The fraction of sp³-hybridized carbons (Fsp3) is 0.333. The zero-order valence-electron chi connectivity index (χ0n) is 12.6. The molecular formula is C15H17NO5S. The van der Waals surface area contributed by atoms with Crippen molar-refractivity contribution in [2.24, 2.45) is 0 Å². The lowest BCUT2D eigenvalue weighted by atomic mass is 10.2. The van der Waals surface area contributed by atoms with Gasteiger partial charge in [-0.1, -0.05) is 6.07 Å². The molecule has 0 spiro atoms. The van der Waals surface area contributed by atoms with Crippen LogP contribution in [-0.4, -0.2) is 50.5 Å². The van der Waals surface area contributed by atoms with Gasteiger partial charge >= 0.3 is 0 Å². The fourth-order valence-electron chi connectivity index (χ4n) is 1.97. The Balaban J connectivity index is 2.23. The van der Waals surface area contributed by atoms with Gasteiger partial charge in [0.05, 0.1) is 32.3 Å². The number of hydrogen-bond acceptors (Lipinski definition) is 6. The molecule has 0 N–H and O–H groups in total. The molecule has 0 atom stereocenters. The van der Waals surface area contributed by atoms with E-state index < -0.39 is 0 Å². The van der Waals surface area contributed by atoms with Crippen LogP contribution in [0.25, 0.3) is 6.08 Å². The summed E-state index contributed by atoms with van der Waals surface area (Å²) in [7, 11) is 4.62. The zero-order chi connectivity index (χ0) is 16.1. The van der Waals surface area contributed by atoms with Gasteiger partial charge in [0.25, 0.3) is 11.1 Å². The van der Waals surface area contributed by atoms with Crippen LogP contribution >= 0.6 is 11.8 Å². The minimum Gasteiger partial charge on any atom is -0.493 e. The molecule has 2 amide bonds. The molecule has 1 aliphatic rings. The van der Waals surface area contributed by atoms with Crippen molar-refractivity contribution in [2.75, 3.05) is 34.5 Å². The van der Waals surface area contributed by atoms with E-state index in [1.54, 1.807) is 38.5 Å². The fourth-order valence-corrected chi connectivity index (χ4v) is 2.83.